The van der Waals surface area contributed by atoms with E-state index in [-0.39, 0.29) is 11.8 Å². The van der Waals surface area contributed by atoms with Crippen molar-refractivity contribution in [3.8, 4) is 11.5 Å². The second kappa shape index (κ2) is 9.43. The first-order valence-electron chi connectivity index (χ1n) is 10.1. The third-order valence-electron chi connectivity index (χ3n) is 5.19. The molecule has 0 fully saturated rings. The number of hydrogen-bond acceptors (Lipinski definition) is 4. The largest absolute Gasteiger partial charge is 0.423 e. The van der Waals surface area contributed by atoms with Gasteiger partial charge in [-0.25, -0.2) is 9.59 Å². The van der Waals surface area contributed by atoms with Crippen LogP contribution >= 0.6 is 0 Å². The van der Waals surface area contributed by atoms with Crippen LogP contribution in [-0.4, -0.2) is 11.9 Å². The van der Waals surface area contributed by atoms with E-state index in [2.05, 4.69) is 38.3 Å². The predicted octanol–water partition coefficient (Wildman–Crippen LogP) is 6.02. The molecular formula is C27H26O4. The van der Waals surface area contributed by atoms with E-state index in [1.165, 1.54) is 5.57 Å². The van der Waals surface area contributed by atoms with E-state index >= 15 is 0 Å². The molecule has 0 saturated carbocycles. The zero-order valence-corrected chi connectivity index (χ0v) is 18.1. The molecule has 31 heavy (non-hydrogen) atoms. The van der Waals surface area contributed by atoms with Crippen molar-refractivity contribution >= 4 is 17.5 Å². The normalized spacial score (nSPS) is 17.5. The summed E-state index contributed by atoms with van der Waals surface area (Å²) in [5.41, 5.74) is 4.13. The molecule has 2 aromatic rings. The summed E-state index contributed by atoms with van der Waals surface area (Å²) in [5.74, 6) is 0.553. The molecule has 3 rings (SSSR count). The number of allylic oxidation sites excluding steroid dienone is 4. The van der Waals surface area contributed by atoms with Crippen molar-refractivity contribution in [3.05, 3.63) is 102 Å². The van der Waals surface area contributed by atoms with Crippen LogP contribution in [0.5, 0.6) is 11.5 Å². The van der Waals surface area contributed by atoms with Gasteiger partial charge in [-0.05, 0) is 60.7 Å². The van der Waals surface area contributed by atoms with Crippen LogP contribution in [-0.2, 0) is 9.59 Å². The molecule has 0 amide bonds. The second-order valence-electron chi connectivity index (χ2n) is 7.75. The second-order valence-corrected chi connectivity index (χ2v) is 7.75. The molecule has 0 N–H and O–H groups in total. The fraction of sp³-hybridized carbons (Fsp3) is 0.185. The van der Waals surface area contributed by atoms with E-state index in [0.717, 1.165) is 11.1 Å². The molecule has 4 nitrogen and oxygen atoms in total. The highest BCUT2D eigenvalue weighted by atomic mass is 16.5. The lowest BCUT2D eigenvalue weighted by atomic mass is 9.77. The average molecular weight is 415 g/mol. The van der Waals surface area contributed by atoms with Crippen LogP contribution in [0.15, 0.2) is 91.1 Å². The van der Waals surface area contributed by atoms with Crippen molar-refractivity contribution in [2.75, 3.05) is 0 Å². The number of benzene rings is 2. The first kappa shape index (κ1) is 22.0. The summed E-state index contributed by atoms with van der Waals surface area (Å²) in [7, 11) is 0. The number of carbonyl (C=O) groups excluding carboxylic acids is 2. The molecule has 0 aliphatic heterocycles. The number of ether oxygens (including phenoxy) is 2. The van der Waals surface area contributed by atoms with E-state index in [4.69, 9.17) is 9.47 Å². The van der Waals surface area contributed by atoms with E-state index in [1.54, 1.807) is 38.1 Å². The smallest absolute Gasteiger partial charge is 0.338 e. The van der Waals surface area contributed by atoms with Crippen molar-refractivity contribution in [1.82, 2.24) is 0 Å². The van der Waals surface area contributed by atoms with Crippen LogP contribution in [0, 0.1) is 5.92 Å². The SMILES string of the molecule is C=C(C)C(=O)Oc1ccc(C2=CC=CC(c3ccc(OC(=O)C(=C)C)cc3)C2C)cc1. The van der Waals surface area contributed by atoms with Crippen LogP contribution in [0.4, 0.5) is 0 Å². The van der Waals surface area contributed by atoms with Crippen molar-refractivity contribution in [2.45, 2.75) is 26.7 Å². The highest BCUT2D eigenvalue weighted by Gasteiger charge is 2.24. The van der Waals surface area contributed by atoms with Gasteiger partial charge in [0.2, 0.25) is 0 Å². The van der Waals surface area contributed by atoms with Crippen LogP contribution in [0.3, 0.4) is 0 Å². The zero-order chi connectivity index (χ0) is 22.5. The molecule has 0 aromatic heterocycles. The van der Waals surface area contributed by atoms with Crippen molar-refractivity contribution in [1.29, 1.82) is 0 Å². The number of rotatable bonds is 6. The molecular weight excluding hydrogens is 388 g/mol. The number of carbonyl (C=O) groups is 2. The van der Waals surface area contributed by atoms with E-state index in [9.17, 15) is 9.59 Å². The van der Waals surface area contributed by atoms with E-state index < -0.39 is 11.9 Å². The number of esters is 2. The van der Waals surface area contributed by atoms with Crippen LogP contribution < -0.4 is 9.47 Å². The Morgan fingerprint density at radius 3 is 1.77 bits per heavy atom. The number of hydrogen-bond donors (Lipinski definition) is 0. The van der Waals surface area contributed by atoms with Gasteiger partial charge in [-0.2, -0.15) is 0 Å². The average Bonchev–Trinajstić information content (AvgIpc) is 2.75. The van der Waals surface area contributed by atoms with Crippen LogP contribution in [0.25, 0.3) is 5.57 Å². The molecule has 0 radical (unpaired) electrons. The zero-order valence-electron chi connectivity index (χ0n) is 18.1. The molecule has 1 aliphatic rings. The fourth-order valence-electron chi connectivity index (χ4n) is 3.41. The maximum atomic E-state index is 11.7. The molecule has 0 spiro atoms. The van der Waals surface area contributed by atoms with Gasteiger partial charge < -0.3 is 9.47 Å². The van der Waals surface area contributed by atoms with Gasteiger partial charge in [0.05, 0.1) is 0 Å². The Bertz CT molecular complexity index is 1070. The van der Waals surface area contributed by atoms with Gasteiger partial charge >= 0.3 is 11.9 Å². The van der Waals surface area contributed by atoms with Gasteiger partial charge in [-0.3, -0.25) is 0 Å². The maximum Gasteiger partial charge on any atom is 0.338 e. The minimum Gasteiger partial charge on any atom is -0.423 e. The lowest BCUT2D eigenvalue weighted by Gasteiger charge is -2.27. The Balaban J connectivity index is 1.73. The minimum atomic E-state index is -0.432. The lowest BCUT2D eigenvalue weighted by Crippen LogP contribution is -2.13. The molecule has 1 aliphatic carbocycles. The third kappa shape index (κ3) is 5.28. The van der Waals surface area contributed by atoms with Crippen LogP contribution in [0.1, 0.15) is 37.8 Å². The first-order valence-corrected chi connectivity index (χ1v) is 10.1. The molecule has 2 aromatic carbocycles. The molecule has 2 unspecified atom stereocenters. The molecule has 4 heteroatoms. The van der Waals surface area contributed by atoms with E-state index in [0.29, 0.717) is 22.6 Å². The van der Waals surface area contributed by atoms with Gasteiger partial charge in [0.1, 0.15) is 11.5 Å². The standard InChI is InChI=1S/C27H26O4/c1-17(2)26(28)30-22-13-9-20(10-14-22)24-7-6-8-25(19(24)5)21-11-15-23(16-12-21)31-27(29)18(3)4/h6-16,19,24H,1,3H2,2,4-5H3. The quantitative estimate of drug-likeness (QED) is 0.329. The molecule has 158 valence electrons. The summed E-state index contributed by atoms with van der Waals surface area (Å²) >= 11 is 0. The van der Waals surface area contributed by atoms with Crippen LogP contribution in [0.2, 0.25) is 0 Å². The summed E-state index contributed by atoms with van der Waals surface area (Å²) in [5, 5.41) is 0. The predicted molar refractivity (Wildman–Crippen MR) is 123 cm³/mol. The highest BCUT2D eigenvalue weighted by molar-refractivity contribution is 5.89. The maximum absolute atomic E-state index is 11.7. The summed E-state index contributed by atoms with van der Waals surface area (Å²) in [4.78, 5) is 23.4. The highest BCUT2D eigenvalue weighted by Crippen LogP contribution is 2.39. The lowest BCUT2D eigenvalue weighted by molar-refractivity contribution is -0.130. The fourth-order valence-corrected chi connectivity index (χ4v) is 3.41. The van der Waals surface area contributed by atoms with Gasteiger partial charge in [0.25, 0.3) is 0 Å². The summed E-state index contributed by atoms with van der Waals surface area (Å²) < 4.78 is 10.6. The Kier molecular flexibility index (Phi) is 6.71. The Morgan fingerprint density at radius 2 is 1.29 bits per heavy atom. The van der Waals surface area contributed by atoms with E-state index in [1.807, 2.05) is 24.3 Å². The summed E-state index contributed by atoms with van der Waals surface area (Å²) in [6.07, 6.45) is 6.34. The van der Waals surface area contributed by atoms with Gasteiger partial charge in [0, 0.05) is 17.1 Å². The van der Waals surface area contributed by atoms with Crippen molar-refractivity contribution in [3.63, 3.8) is 0 Å². The molecule has 0 saturated heterocycles. The Hall–Kier alpha value is -3.66. The Morgan fingerprint density at radius 1 is 0.806 bits per heavy atom. The Labute approximate surface area is 183 Å². The van der Waals surface area contributed by atoms with Gasteiger partial charge in [-0.15, -0.1) is 0 Å². The molecule has 2 atom stereocenters. The summed E-state index contributed by atoms with van der Waals surface area (Å²) in [6.45, 7) is 12.6. The van der Waals surface area contributed by atoms with Crippen molar-refractivity contribution < 1.29 is 19.1 Å². The van der Waals surface area contributed by atoms with Crippen molar-refractivity contribution in [2.24, 2.45) is 5.92 Å². The first-order chi connectivity index (χ1) is 14.8. The topological polar surface area (TPSA) is 52.6 Å². The minimum absolute atomic E-state index is 0.187. The molecule has 0 heterocycles. The third-order valence-corrected chi connectivity index (χ3v) is 5.19. The molecule has 0 bridgehead atoms. The summed E-state index contributed by atoms with van der Waals surface area (Å²) in [6, 6.07) is 15.1. The van der Waals surface area contributed by atoms with Gasteiger partial charge in [0.15, 0.2) is 0 Å². The van der Waals surface area contributed by atoms with Gasteiger partial charge in [-0.1, -0.05) is 62.6 Å². The monoisotopic (exact) mass is 414 g/mol.